The fraction of sp³-hybridized carbons (Fsp3) is 0.278. The summed E-state index contributed by atoms with van der Waals surface area (Å²) in [5, 5.41) is 3.06. The van der Waals surface area contributed by atoms with Crippen LogP contribution < -0.4 is 5.32 Å². The molecule has 1 fully saturated rings. The molecule has 1 N–H and O–H groups in total. The van der Waals surface area contributed by atoms with Crippen LogP contribution in [0.15, 0.2) is 54.6 Å². The van der Waals surface area contributed by atoms with Gasteiger partial charge in [0.1, 0.15) is 0 Å². The van der Waals surface area contributed by atoms with Crippen molar-refractivity contribution in [3.63, 3.8) is 0 Å². The van der Waals surface area contributed by atoms with Gasteiger partial charge in [0.15, 0.2) is 5.54 Å². The third kappa shape index (κ3) is 1.81. The molecule has 2 aromatic rings. The molecule has 2 aliphatic heterocycles. The van der Waals surface area contributed by atoms with E-state index < -0.39 is 5.54 Å². The van der Waals surface area contributed by atoms with Crippen molar-refractivity contribution in [3.8, 4) is 0 Å². The first-order valence-electron chi connectivity index (χ1n) is 7.63. The van der Waals surface area contributed by atoms with E-state index in [0.717, 1.165) is 29.9 Å². The molecule has 0 spiro atoms. The first kappa shape index (κ1) is 13.5. The standard InChI is InChI=1S/C18H18N2O2/c21-17-18(14-6-2-1-3-7-14,20-10-12-22-13-11-20)15-8-4-5-9-16(15)19-17/h1-9H,10-13H2,(H,19,21). The molecule has 2 aliphatic rings. The predicted octanol–water partition coefficient (Wildman–Crippen LogP) is 2.21. The topological polar surface area (TPSA) is 41.6 Å². The maximum atomic E-state index is 13.1. The fourth-order valence-electron chi connectivity index (χ4n) is 3.60. The van der Waals surface area contributed by atoms with Gasteiger partial charge in [-0.15, -0.1) is 0 Å². The minimum atomic E-state index is -0.748. The Kier molecular flexibility index (Phi) is 3.21. The Morgan fingerprint density at radius 1 is 0.955 bits per heavy atom. The lowest BCUT2D eigenvalue weighted by molar-refractivity contribution is -0.128. The van der Waals surface area contributed by atoms with Gasteiger partial charge in [-0.05, 0) is 11.6 Å². The molecule has 4 heteroatoms. The van der Waals surface area contributed by atoms with E-state index in [9.17, 15) is 4.79 Å². The highest BCUT2D eigenvalue weighted by molar-refractivity contribution is 6.08. The van der Waals surface area contributed by atoms with Crippen molar-refractivity contribution >= 4 is 11.6 Å². The van der Waals surface area contributed by atoms with Gasteiger partial charge >= 0.3 is 0 Å². The fourth-order valence-corrected chi connectivity index (χ4v) is 3.60. The number of fused-ring (bicyclic) bond motifs is 1. The largest absolute Gasteiger partial charge is 0.379 e. The SMILES string of the molecule is O=C1Nc2ccccc2C1(c1ccccc1)N1CCOCC1. The van der Waals surface area contributed by atoms with E-state index in [0.29, 0.717) is 13.2 Å². The van der Waals surface area contributed by atoms with Gasteiger partial charge in [0.2, 0.25) is 0 Å². The van der Waals surface area contributed by atoms with E-state index >= 15 is 0 Å². The molecule has 1 saturated heterocycles. The predicted molar refractivity (Wildman–Crippen MR) is 84.7 cm³/mol. The number of carbonyl (C=O) groups excluding carboxylic acids is 1. The van der Waals surface area contributed by atoms with Crippen LogP contribution in [0.5, 0.6) is 0 Å². The quantitative estimate of drug-likeness (QED) is 0.923. The molecule has 4 rings (SSSR count). The van der Waals surface area contributed by atoms with E-state index in [2.05, 4.69) is 16.3 Å². The Balaban J connectivity index is 1.95. The molecule has 0 radical (unpaired) electrons. The lowest BCUT2D eigenvalue weighted by atomic mass is 9.82. The smallest absolute Gasteiger partial charge is 0.254 e. The summed E-state index contributed by atoms with van der Waals surface area (Å²) in [5.41, 5.74) is 2.21. The summed E-state index contributed by atoms with van der Waals surface area (Å²) in [4.78, 5) is 15.3. The van der Waals surface area contributed by atoms with Gasteiger partial charge in [-0.2, -0.15) is 0 Å². The summed E-state index contributed by atoms with van der Waals surface area (Å²) in [7, 11) is 0. The number of morpholine rings is 1. The first-order valence-corrected chi connectivity index (χ1v) is 7.63. The van der Waals surface area contributed by atoms with E-state index in [-0.39, 0.29) is 5.91 Å². The summed E-state index contributed by atoms with van der Waals surface area (Å²) >= 11 is 0. The summed E-state index contributed by atoms with van der Waals surface area (Å²) in [6, 6.07) is 18.0. The number of anilines is 1. The molecule has 2 heterocycles. The first-order chi connectivity index (χ1) is 10.8. The molecule has 2 aromatic carbocycles. The molecule has 1 unspecified atom stereocenters. The van der Waals surface area contributed by atoms with Crippen LogP contribution in [0.4, 0.5) is 5.69 Å². The number of hydrogen-bond donors (Lipinski definition) is 1. The van der Waals surface area contributed by atoms with Gasteiger partial charge in [-0.3, -0.25) is 9.69 Å². The second-order valence-electron chi connectivity index (χ2n) is 5.68. The van der Waals surface area contributed by atoms with Crippen molar-refractivity contribution in [1.29, 1.82) is 0 Å². The number of ether oxygens (including phenoxy) is 1. The Labute approximate surface area is 129 Å². The van der Waals surface area contributed by atoms with Gasteiger partial charge in [0.25, 0.3) is 5.91 Å². The second-order valence-corrected chi connectivity index (χ2v) is 5.68. The maximum Gasteiger partial charge on any atom is 0.254 e. The lowest BCUT2D eigenvalue weighted by Crippen LogP contribution is -2.55. The van der Waals surface area contributed by atoms with Crippen molar-refractivity contribution in [1.82, 2.24) is 4.90 Å². The van der Waals surface area contributed by atoms with E-state index in [1.54, 1.807) is 0 Å². The minimum absolute atomic E-state index is 0.0294. The van der Waals surface area contributed by atoms with E-state index in [4.69, 9.17) is 4.74 Å². The van der Waals surface area contributed by atoms with Crippen LogP contribution in [0.2, 0.25) is 0 Å². The molecular weight excluding hydrogens is 276 g/mol. The number of nitrogens with zero attached hydrogens (tertiary/aromatic N) is 1. The highest BCUT2D eigenvalue weighted by Gasteiger charge is 2.52. The summed E-state index contributed by atoms with van der Waals surface area (Å²) < 4.78 is 5.49. The number of carbonyl (C=O) groups is 1. The van der Waals surface area contributed by atoms with Crippen molar-refractivity contribution in [2.24, 2.45) is 0 Å². The third-order valence-corrected chi connectivity index (χ3v) is 4.57. The molecule has 0 saturated carbocycles. The molecular formula is C18H18N2O2. The molecule has 112 valence electrons. The number of nitrogens with one attached hydrogen (secondary N) is 1. The molecule has 22 heavy (non-hydrogen) atoms. The molecule has 0 aliphatic carbocycles. The van der Waals surface area contributed by atoms with Crippen LogP contribution in [0, 0.1) is 0 Å². The Bertz CT molecular complexity index is 695. The van der Waals surface area contributed by atoms with Crippen molar-refractivity contribution in [3.05, 3.63) is 65.7 Å². The highest BCUT2D eigenvalue weighted by Crippen LogP contribution is 2.45. The molecule has 0 bridgehead atoms. The molecule has 1 amide bonds. The molecule has 1 atom stereocenters. The number of benzene rings is 2. The minimum Gasteiger partial charge on any atom is -0.379 e. The number of para-hydroxylation sites is 1. The summed E-state index contributed by atoms with van der Waals surface area (Å²) in [5.74, 6) is 0.0294. The third-order valence-electron chi connectivity index (χ3n) is 4.57. The zero-order valence-electron chi connectivity index (χ0n) is 12.3. The van der Waals surface area contributed by atoms with Crippen LogP contribution >= 0.6 is 0 Å². The van der Waals surface area contributed by atoms with E-state index in [1.807, 2.05) is 48.5 Å². The number of rotatable bonds is 2. The zero-order chi connectivity index (χ0) is 15.0. The van der Waals surface area contributed by atoms with Gasteiger partial charge in [-0.1, -0.05) is 48.5 Å². The normalized spacial score (nSPS) is 24.8. The van der Waals surface area contributed by atoms with Crippen LogP contribution in [-0.4, -0.2) is 37.1 Å². The van der Waals surface area contributed by atoms with Gasteiger partial charge < -0.3 is 10.1 Å². The Morgan fingerprint density at radius 3 is 2.41 bits per heavy atom. The van der Waals surface area contributed by atoms with Crippen LogP contribution in [0.3, 0.4) is 0 Å². The monoisotopic (exact) mass is 294 g/mol. The van der Waals surface area contributed by atoms with Crippen molar-refractivity contribution in [2.45, 2.75) is 5.54 Å². The van der Waals surface area contributed by atoms with Crippen LogP contribution in [0.25, 0.3) is 0 Å². The summed E-state index contributed by atoms with van der Waals surface area (Å²) in [6.45, 7) is 2.81. The van der Waals surface area contributed by atoms with Gasteiger partial charge in [0, 0.05) is 24.3 Å². The average molecular weight is 294 g/mol. The number of amides is 1. The van der Waals surface area contributed by atoms with Crippen LogP contribution in [-0.2, 0) is 15.1 Å². The Hall–Kier alpha value is -2.17. The Morgan fingerprint density at radius 2 is 1.64 bits per heavy atom. The maximum absolute atomic E-state index is 13.1. The highest BCUT2D eigenvalue weighted by atomic mass is 16.5. The van der Waals surface area contributed by atoms with Crippen molar-refractivity contribution < 1.29 is 9.53 Å². The molecule has 0 aromatic heterocycles. The second kappa shape index (κ2) is 5.23. The average Bonchev–Trinajstić information content (AvgIpc) is 2.89. The van der Waals surface area contributed by atoms with Gasteiger partial charge in [0.05, 0.1) is 13.2 Å². The zero-order valence-corrected chi connectivity index (χ0v) is 12.3. The summed E-state index contributed by atoms with van der Waals surface area (Å²) in [6.07, 6.45) is 0. The van der Waals surface area contributed by atoms with Crippen molar-refractivity contribution in [2.75, 3.05) is 31.6 Å². The van der Waals surface area contributed by atoms with Crippen LogP contribution in [0.1, 0.15) is 11.1 Å². The van der Waals surface area contributed by atoms with E-state index in [1.165, 1.54) is 0 Å². The van der Waals surface area contributed by atoms with Gasteiger partial charge in [-0.25, -0.2) is 0 Å². The molecule has 4 nitrogen and oxygen atoms in total. The lowest BCUT2D eigenvalue weighted by Gasteiger charge is -2.42. The number of hydrogen-bond acceptors (Lipinski definition) is 3.